The van der Waals surface area contributed by atoms with Crippen molar-refractivity contribution in [1.29, 1.82) is 0 Å². The van der Waals surface area contributed by atoms with E-state index in [1.807, 2.05) is 4.72 Å². The van der Waals surface area contributed by atoms with Crippen molar-refractivity contribution < 1.29 is 26.0 Å². The molecule has 0 aliphatic carbocycles. The summed E-state index contributed by atoms with van der Waals surface area (Å²) >= 11 is 0. The molecule has 5 nitrogen and oxygen atoms in total. The molecule has 130 valence electrons. The lowest BCUT2D eigenvalue weighted by Gasteiger charge is -2.06. The molecule has 9 heteroatoms. The summed E-state index contributed by atoms with van der Waals surface area (Å²) in [5, 5.41) is 0. The van der Waals surface area contributed by atoms with Gasteiger partial charge in [-0.2, -0.15) is 13.2 Å². The summed E-state index contributed by atoms with van der Waals surface area (Å²) in [4.78, 5) is 3.30. The fourth-order valence-electron chi connectivity index (χ4n) is 2.08. The standard InChI is InChI=1S/C16H11F3N2O3S/c17-16(18,19)15-20-13(11-7-3-1-4-8-11)14(24-15)21-25(22,23)12-9-5-2-6-10-12/h1-10,21H. The molecule has 0 saturated heterocycles. The predicted molar refractivity (Wildman–Crippen MR) is 84.2 cm³/mol. The van der Waals surface area contributed by atoms with Crippen LogP contribution in [0.5, 0.6) is 0 Å². The van der Waals surface area contributed by atoms with Gasteiger partial charge in [0.05, 0.1) is 4.90 Å². The Morgan fingerprint density at radius 3 is 2.04 bits per heavy atom. The number of alkyl halides is 3. The zero-order chi connectivity index (χ0) is 18.1. The maximum atomic E-state index is 12.9. The first-order valence-electron chi connectivity index (χ1n) is 6.99. The minimum absolute atomic E-state index is 0.112. The number of nitrogens with one attached hydrogen (secondary N) is 1. The van der Waals surface area contributed by atoms with Crippen molar-refractivity contribution in [3.05, 3.63) is 66.6 Å². The van der Waals surface area contributed by atoms with E-state index in [1.54, 1.807) is 24.3 Å². The van der Waals surface area contributed by atoms with Crippen LogP contribution in [0, 0.1) is 0 Å². The smallest absolute Gasteiger partial charge is 0.415 e. The second-order valence-electron chi connectivity index (χ2n) is 4.98. The molecule has 0 spiro atoms. The van der Waals surface area contributed by atoms with Crippen LogP contribution < -0.4 is 4.72 Å². The Balaban J connectivity index is 2.08. The van der Waals surface area contributed by atoms with Gasteiger partial charge in [0.25, 0.3) is 10.0 Å². The highest BCUT2D eigenvalue weighted by Gasteiger charge is 2.39. The van der Waals surface area contributed by atoms with Crippen LogP contribution in [0.2, 0.25) is 0 Å². The van der Waals surface area contributed by atoms with Crippen LogP contribution >= 0.6 is 0 Å². The molecule has 3 rings (SSSR count). The molecule has 1 heterocycles. The highest BCUT2D eigenvalue weighted by molar-refractivity contribution is 7.92. The Morgan fingerprint density at radius 2 is 1.48 bits per heavy atom. The first-order chi connectivity index (χ1) is 11.8. The van der Waals surface area contributed by atoms with E-state index in [0.717, 1.165) is 0 Å². The molecule has 3 aromatic rings. The van der Waals surface area contributed by atoms with Crippen LogP contribution in [0.15, 0.2) is 70.0 Å². The number of aromatic nitrogens is 1. The van der Waals surface area contributed by atoms with E-state index >= 15 is 0 Å². The number of sulfonamides is 1. The first-order valence-corrected chi connectivity index (χ1v) is 8.47. The van der Waals surface area contributed by atoms with E-state index < -0.39 is 28.0 Å². The number of hydrogen-bond donors (Lipinski definition) is 1. The van der Waals surface area contributed by atoms with Gasteiger partial charge in [-0.25, -0.2) is 18.1 Å². The number of rotatable bonds is 4. The molecular weight excluding hydrogens is 357 g/mol. The lowest BCUT2D eigenvalue weighted by atomic mass is 10.2. The molecule has 0 amide bonds. The van der Waals surface area contributed by atoms with Gasteiger partial charge in [0, 0.05) is 5.56 Å². The van der Waals surface area contributed by atoms with E-state index in [1.165, 1.54) is 36.4 Å². The van der Waals surface area contributed by atoms with Crippen LogP contribution in [0.1, 0.15) is 5.89 Å². The molecule has 0 unspecified atom stereocenters. The summed E-state index contributed by atoms with van der Waals surface area (Å²) < 4.78 is 70.2. The second kappa shape index (κ2) is 6.25. The third-order valence-electron chi connectivity index (χ3n) is 3.20. The number of oxazole rings is 1. The normalized spacial score (nSPS) is 12.1. The largest absolute Gasteiger partial charge is 0.469 e. The number of nitrogens with zero attached hydrogens (tertiary/aromatic N) is 1. The Morgan fingerprint density at radius 1 is 0.920 bits per heavy atom. The molecular formula is C16H11F3N2O3S. The van der Waals surface area contributed by atoms with Gasteiger partial charge >= 0.3 is 12.1 Å². The summed E-state index contributed by atoms with van der Waals surface area (Å²) in [7, 11) is -4.13. The highest BCUT2D eigenvalue weighted by atomic mass is 32.2. The van der Waals surface area contributed by atoms with Gasteiger partial charge in [0.1, 0.15) is 5.69 Å². The Kier molecular flexibility index (Phi) is 4.25. The lowest BCUT2D eigenvalue weighted by Crippen LogP contribution is -2.13. The Labute approximate surface area is 141 Å². The summed E-state index contributed by atoms with van der Waals surface area (Å²) in [5.74, 6) is -2.13. The summed E-state index contributed by atoms with van der Waals surface area (Å²) in [6.45, 7) is 0. The molecule has 0 bridgehead atoms. The van der Waals surface area contributed by atoms with Gasteiger partial charge < -0.3 is 4.42 Å². The van der Waals surface area contributed by atoms with Crippen molar-refractivity contribution in [1.82, 2.24) is 4.98 Å². The molecule has 0 aliphatic heterocycles. The number of hydrogen-bond acceptors (Lipinski definition) is 4. The fraction of sp³-hybridized carbons (Fsp3) is 0.0625. The molecule has 0 aliphatic rings. The zero-order valence-electron chi connectivity index (χ0n) is 12.5. The van der Waals surface area contributed by atoms with Gasteiger partial charge in [0.15, 0.2) is 0 Å². The third-order valence-corrected chi connectivity index (χ3v) is 4.54. The van der Waals surface area contributed by atoms with E-state index in [2.05, 4.69) is 9.40 Å². The minimum Gasteiger partial charge on any atom is -0.415 e. The number of halogens is 3. The lowest BCUT2D eigenvalue weighted by molar-refractivity contribution is -0.156. The van der Waals surface area contributed by atoms with E-state index in [4.69, 9.17) is 0 Å². The number of benzene rings is 2. The van der Waals surface area contributed by atoms with E-state index in [0.29, 0.717) is 0 Å². The Hall–Kier alpha value is -2.81. The summed E-state index contributed by atoms with van der Waals surface area (Å²) in [6.07, 6.45) is -4.85. The quantitative estimate of drug-likeness (QED) is 0.751. The molecule has 2 aromatic carbocycles. The van der Waals surface area contributed by atoms with Crippen molar-refractivity contribution in [2.45, 2.75) is 11.1 Å². The minimum atomic E-state index is -4.85. The fourth-order valence-corrected chi connectivity index (χ4v) is 3.10. The molecule has 0 saturated carbocycles. The zero-order valence-corrected chi connectivity index (χ0v) is 13.3. The third kappa shape index (κ3) is 3.66. The maximum absolute atomic E-state index is 12.9. The second-order valence-corrected chi connectivity index (χ2v) is 6.66. The van der Waals surface area contributed by atoms with Crippen LogP contribution in [0.25, 0.3) is 11.3 Å². The average Bonchev–Trinajstić information content (AvgIpc) is 3.00. The van der Waals surface area contributed by atoms with E-state index in [9.17, 15) is 21.6 Å². The van der Waals surface area contributed by atoms with Gasteiger partial charge in [-0.05, 0) is 12.1 Å². The van der Waals surface area contributed by atoms with Gasteiger partial charge in [0.2, 0.25) is 5.88 Å². The van der Waals surface area contributed by atoms with Crippen molar-refractivity contribution in [3.63, 3.8) is 0 Å². The average molecular weight is 368 g/mol. The molecule has 0 fully saturated rings. The Bertz CT molecular complexity index is 969. The number of anilines is 1. The maximum Gasteiger partial charge on any atom is 0.469 e. The summed E-state index contributed by atoms with van der Waals surface area (Å²) in [6, 6.07) is 15.1. The highest BCUT2D eigenvalue weighted by Crippen LogP contribution is 2.37. The summed E-state index contributed by atoms with van der Waals surface area (Å²) in [5.41, 5.74) is 0.0416. The monoisotopic (exact) mass is 368 g/mol. The van der Waals surface area contributed by atoms with E-state index in [-0.39, 0.29) is 16.2 Å². The van der Waals surface area contributed by atoms with Crippen LogP contribution in [-0.2, 0) is 16.2 Å². The molecule has 1 aromatic heterocycles. The predicted octanol–water partition coefficient (Wildman–Crippen LogP) is 4.16. The van der Waals surface area contributed by atoms with Crippen molar-refractivity contribution >= 4 is 15.9 Å². The van der Waals surface area contributed by atoms with Gasteiger partial charge in [-0.1, -0.05) is 48.5 Å². The van der Waals surface area contributed by atoms with Gasteiger partial charge in [-0.15, -0.1) is 0 Å². The van der Waals surface area contributed by atoms with Crippen molar-refractivity contribution in [2.24, 2.45) is 0 Å². The van der Waals surface area contributed by atoms with Crippen molar-refractivity contribution in [3.8, 4) is 11.3 Å². The van der Waals surface area contributed by atoms with Crippen LogP contribution in [-0.4, -0.2) is 13.4 Å². The molecule has 0 atom stereocenters. The molecule has 1 N–H and O–H groups in total. The van der Waals surface area contributed by atoms with Crippen LogP contribution in [0.4, 0.5) is 19.1 Å². The van der Waals surface area contributed by atoms with Gasteiger partial charge in [-0.3, -0.25) is 0 Å². The topological polar surface area (TPSA) is 72.2 Å². The van der Waals surface area contributed by atoms with Crippen molar-refractivity contribution in [2.75, 3.05) is 4.72 Å². The first kappa shape index (κ1) is 17.0. The molecule has 0 radical (unpaired) electrons. The van der Waals surface area contributed by atoms with Crippen LogP contribution in [0.3, 0.4) is 0 Å². The SMILES string of the molecule is O=S(=O)(Nc1oc(C(F)(F)F)nc1-c1ccccc1)c1ccccc1. The molecule has 25 heavy (non-hydrogen) atoms.